The molecule has 0 radical (unpaired) electrons. The van der Waals surface area contributed by atoms with E-state index in [-0.39, 0.29) is 0 Å². The van der Waals surface area contributed by atoms with Crippen molar-refractivity contribution in [2.24, 2.45) is 0 Å². The summed E-state index contributed by atoms with van der Waals surface area (Å²) >= 11 is 1.57. The van der Waals surface area contributed by atoms with Crippen molar-refractivity contribution >= 4 is 22.9 Å². The fourth-order valence-corrected chi connectivity index (χ4v) is 3.09. The lowest BCUT2D eigenvalue weighted by Gasteiger charge is -2.22. The number of hydrogen-bond acceptors (Lipinski definition) is 5. The van der Waals surface area contributed by atoms with Crippen LogP contribution in [-0.2, 0) is 0 Å². The molecule has 1 saturated carbocycles. The number of benzene rings is 1. The van der Waals surface area contributed by atoms with Gasteiger partial charge in [0.25, 0.3) is 5.22 Å². The summed E-state index contributed by atoms with van der Waals surface area (Å²) in [6.07, 6.45) is 3.16. The molecule has 1 atom stereocenters. The number of nitriles is 1. The Morgan fingerprint density at radius 3 is 3.00 bits per heavy atom. The Morgan fingerprint density at radius 1 is 1.50 bits per heavy atom. The number of para-hydroxylation sites is 2. The second-order valence-corrected chi connectivity index (χ2v) is 6.45. The summed E-state index contributed by atoms with van der Waals surface area (Å²) in [5.41, 5.74) is 1.25. The first-order valence-corrected chi connectivity index (χ1v) is 7.84. The Bertz CT molecular complexity index is 611. The summed E-state index contributed by atoms with van der Waals surface area (Å²) in [4.78, 5) is 4.42. The number of aromatic nitrogens is 1. The van der Waals surface area contributed by atoms with Crippen molar-refractivity contribution in [3.63, 3.8) is 0 Å². The predicted octanol–water partition coefficient (Wildman–Crippen LogP) is 3.34. The molecule has 0 saturated heterocycles. The van der Waals surface area contributed by atoms with Crippen LogP contribution in [0.3, 0.4) is 0 Å². The standard InChI is InChI=1S/C15H17N3OS/c1-15(10-16,18-11-6-7-11)8-9-20-14-17-12-4-2-3-5-13(12)19-14/h2-5,11,18H,6-9H2,1H3. The highest BCUT2D eigenvalue weighted by molar-refractivity contribution is 7.99. The lowest BCUT2D eigenvalue weighted by molar-refractivity contribution is 0.432. The van der Waals surface area contributed by atoms with E-state index in [0.717, 1.165) is 23.3 Å². The van der Waals surface area contributed by atoms with Crippen molar-refractivity contribution in [2.75, 3.05) is 5.75 Å². The molecule has 0 aliphatic heterocycles. The van der Waals surface area contributed by atoms with Gasteiger partial charge in [-0.15, -0.1) is 0 Å². The summed E-state index contributed by atoms with van der Waals surface area (Å²) < 4.78 is 5.66. The average Bonchev–Trinajstić information content (AvgIpc) is 3.15. The molecule has 1 fully saturated rings. The van der Waals surface area contributed by atoms with Crippen LogP contribution in [0, 0.1) is 11.3 Å². The predicted molar refractivity (Wildman–Crippen MR) is 79.5 cm³/mol. The molecule has 4 nitrogen and oxygen atoms in total. The molecule has 1 N–H and O–H groups in total. The third kappa shape index (κ3) is 3.14. The van der Waals surface area contributed by atoms with E-state index in [0.29, 0.717) is 11.3 Å². The molecule has 20 heavy (non-hydrogen) atoms. The Kier molecular flexibility index (Phi) is 3.68. The maximum absolute atomic E-state index is 9.31. The van der Waals surface area contributed by atoms with E-state index in [4.69, 9.17) is 4.42 Å². The molecule has 0 bridgehead atoms. The number of hydrogen-bond donors (Lipinski definition) is 1. The van der Waals surface area contributed by atoms with E-state index in [9.17, 15) is 5.26 Å². The molecule has 1 heterocycles. The van der Waals surface area contributed by atoms with E-state index < -0.39 is 5.54 Å². The smallest absolute Gasteiger partial charge is 0.256 e. The zero-order chi connectivity index (χ0) is 14.0. The minimum absolute atomic E-state index is 0.444. The van der Waals surface area contributed by atoms with Gasteiger partial charge in [-0.3, -0.25) is 5.32 Å². The van der Waals surface area contributed by atoms with Crippen molar-refractivity contribution in [3.8, 4) is 6.07 Å². The quantitative estimate of drug-likeness (QED) is 0.826. The highest BCUT2D eigenvalue weighted by Gasteiger charge is 2.32. The lowest BCUT2D eigenvalue weighted by Crippen LogP contribution is -2.42. The average molecular weight is 287 g/mol. The monoisotopic (exact) mass is 287 g/mol. The SMILES string of the molecule is CC(C#N)(CCSc1nc2ccccc2o1)NC1CC1. The minimum Gasteiger partial charge on any atom is -0.431 e. The molecule has 1 aromatic carbocycles. The zero-order valence-corrected chi connectivity index (χ0v) is 12.2. The number of fused-ring (bicyclic) bond motifs is 1. The van der Waals surface area contributed by atoms with Crippen LogP contribution in [0.1, 0.15) is 26.2 Å². The third-order valence-corrected chi connectivity index (χ3v) is 4.28. The van der Waals surface area contributed by atoms with E-state index in [2.05, 4.69) is 16.4 Å². The summed E-state index contributed by atoms with van der Waals surface area (Å²) in [5.74, 6) is 0.816. The molecular weight excluding hydrogens is 270 g/mol. The zero-order valence-electron chi connectivity index (χ0n) is 11.4. The fraction of sp³-hybridized carbons (Fsp3) is 0.467. The Morgan fingerprint density at radius 2 is 2.30 bits per heavy atom. The first-order valence-electron chi connectivity index (χ1n) is 6.86. The molecule has 1 aliphatic carbocycles. The van der Waals surface area contributed by atoms with Crippen molar-refractivity contribution in [1.29, 1.82) is 5.26 Å². The van der Waals surface area contributed by atoms with Gasteiger partial charge in [0.15, 0.2) is 5.58 Å². The molecule has 1 unspecified atom stereocenters. The summed E-state index contributed by atoms with van der Waals surface area (Å²) in [7, 11) is 0. The van der Waals surface area contributed by atoms with Crippen molar-refractivity contribution in [3.05, 3.63) is 24.3 Å². The van der Waals surface area contributed by atoms with Crippen LogP contribution in [0.25, 0.3) is 11.1 Å². The van der Waals surface area contributed by atoms with Crippen molar-refractivity contribution in [2.45, 2.75) is 43.0 Å². The fourth-order valence-electron chi connectivity index (χ4n) is 2.09. The first kappa shape index (κ1) is 13.5. The Hall–Kier alpha value is -1.51. The molecule has 3 rings (SSSR count). The number of nitrogens with zero attached hydrogens (tertiary/aromatic N) is 2. The third-order valence-electron chi connectivity index (χ3n) is 3.45. The van der Waals surface area contributed by atoms with Gasteiger partial charge in [0, 0.05) is 11.8 Å². The van der Waals surface area contributed by atoms with Gasteiger partial charge in [0.05, 0.1) is 6.07 Å². The summed E-state index contributed by atoms with van der Waals surface area (Å²) in [6, 6.07) is 10.7. The van der Waals surface area contributed by atoms with Gasteiger partial charge in [-0.05, 0) is 38.3 Å². The van der Waals surface area contributed by atoms with E-state index >= 15 is 0 Å². The van der Waals surface area contributed by atoms with Crippen LogP contribution < -0.4 is 5.32 Å². The molecule has 2 aromatic rings. The Labute approximate surface area is 122 Å². The summed E-state index contributed by atoms with van der Waals surface area (Å²) in [6.45, 7) is 1.97. The number of nitrogens with one attached hydrogen (secondary N) is 1. The molecule has 0 amide bonds. The number of thioether (sulfide) groups is 1. The van der Waals surface area contributed by atoms with Gasteiger partial charge in [-0.2, -0.15) is 5.26 Å². The van der Waals surface area contributed by atoms with Crippen LogP contribution in [0.15, 0.2) is 33.9 Å². The van der Waals surface area contributed by atoms with Gasteiger partial charge < -0.3 is 4.42 Å². The van der Waals surface area contributed by atoms with Gasteiger partial charge in [-0.1, -0.05) is 23.9 Å². The molecular formula is C15H17N3OS. The highest BCUT2D eigenvalue weighted by atomic mass is 32.2. The van der Waals surface area contributed by atoms with Crippen LogP contribution in [0.2, 0.25) is 0 Å². The topological polar surface area (TPSA) is 61.9 Å². The molecule has 0 spiro atoms. The van der Waals surface area contributed by atoms with Crippen molar-refractivity contribution < 1.29 is 4.42 Å². The highest BCUT2D eigenvalue weighted by Crippen LogP contribution is 2.27. The molecule has 1 aromatic heterocycles. The van der Waals surface area contributed by atoms with Gasteiger partial charge >= 0.3 is 0 Å². The Balaban J connectivity index is 1.57. The van der Waals surface area contributed by atoms with E-state index in [1.807, 2.05) is 31.2 Å². The second kappa shape index (κ2) is 5.47. The summed E-state index contributed by atoms with van der Waals surface area (Å²) in [5, 5.41) is 13.4. The second-order valence-electron chi connectivity index (χ2n) is 5.41. The number of rotatable bonds is 6. The lowest BCUT2D eigenvalue weighted by atomic mass is 10.0. The molecule has 5 heteroatoms. The largest absolute Gasteiger partial charge is 0.431 e. The maximum atomic E-state index is 9.31. The van der Waals surface area contributed by atoms with Gasteiger partial charge in [0.2, 0.25) is 0 Å². The van der Waals surface area contributed by atoms with Gasteiger partial charge in [0.1, 0.15) is 11.1 Å². The van der Waals surface area contributed by atoms with E-state index in [1.165, 1.54) is 12.8 Å². The molecule has 1 aliphatic rings. The van der Waals surface area contributed by atoms with E-state index in [1.54, 1.807) is 11.8 Å². The minimum atomic E-state index is -0.444. The van der Waals surface area contributed by atoms with Crippen LogP contribution in [0.4, 0.5) is 0 Å². The maximum Gasteiger partial charge on any atom is 0.256 e. The van der Waals surface area contributed by atoms with Gasteiger partial charge in [-0.25, -0.2) is 4.98 Å². The normalized spacial score (nSPS) is 17.8. The van der Waals surface area contributed by atoms with Crippen LogP contribution >= 0.6 is 11.8 Å². The van der Waals surface area contributed by atoms with Crippen LogP contribution in [-0.4, -0.2) is 22.3 Å². The first-order chi connectivity index (χ1) is 9.68. The molecule has 104 valence electrons. The number of oxazole rings is 1. The van der Waals surface area contributed by atoms with Crippen LogP contribution in [0.5, 0.6) is 0 Å². The van der Waals surface area contributed by atoms with Crippen molar-refractivity contribution in [1.82, 2.24) is 10.3 Å².